The summed E-state index contributed by atoms with van der Waals surface area (Å²) < 4.78 is 4.98. The summed E-state index contributed by atoms with van der Waals surface area (Å²) in [4.78, 5) is 11.2. The van der Waals surface area contributed by atoms with E-state index in [0.29, 0.717) is 17.6 Å². The number of carbonyl (C=O) groups is 1. The van der Waals surface area contributed by atoms with E-state index in [1.807, 2.05) is 0 Å². The van der Waals surface area contributed by atoms with Gasteiger partial charge in [-0.25, -0.2) is 0 Å². The van der Waals surface area contributed by atoms with Crippen molar-refractivity contribution in [3.8, 4) is 0 Å². The molecule has 0 aromatic heterocycles. The largest absolute Gasteiger partial charge is 0.385 e. The standard InChI is InChI=1S/C10H18O2/c1-8-9(4-3-7-12-2)5-6-10(8)11/h8-9H,3-7H2,1-2H3. The van der Waals surface area contributed by atoms with E-state index in [2.05, 4.69) is 6.92 Å². The lowest BCUT2D eigenvalue weighted by Gasteiger charge is -2.12. The predicted octanol–water partition coefficient (Wildman–Crippen LogP) is 2.03. The first-order valence-electron chi connectivity index (χ1n) is 4.77. The molecule has 0 radical (unpaired) electrons. The van der Waals surface area contributed by atoms with Crippen LogP contribution in [0.25, 0.3) is 0 Å². The average molecular weight is 170 g/mol. The number of hydrogen-bond donors (Lipinski definition) is 0. The van der Waals surface area contributed by atoms with Gasteiger partial charge in [0.05, 0.1) is 0 Å². The smallest absolute Gasteiger partial charge is 0.135 e. The van der Waals surface area contributed by atoms with Gasteiger partial charge in [-0.2, -0.15) is 0 Å². The molecule has 1 rings (SSSR count). The first-order valence-corrected chi connectivity index (χ1v) is 4.77. The minimum Gasteiger partial charge on any atom is -0.385 e. The Morgan fingerprint density at radius 3 is 2.83 bits per heavy atom. The van der Waals surface area contributed by atoms with Crippen LogP contribution in [-0.2, 0) is 9.53 Å². The van der Waals surface area contributed by atoms with E-state index in [9.17, 15) is 4.79 Å². The van der Waals surface area contributed by atoms with Crippen LogP contribution in [0.2, 0.25) is 0 Å². The van der Waals surface area contributed by atoms with Crippen LogP contribution < -0.4 is 0 Å². The van der Waals surface area contributed by atoms with E-state index in [4.69, 9.17) is 4.74 Å². The Labute approximate surface area is 74.3 Å². The maximum absolute atomic E-state index is 11.2. The Hall–Kier alpha value is -0.370. The average Bonchev–Trinajstić information content (AvgIpc) is 2.36. The third-order valence-electron chi connectivity index (χ3n) is 2.90. The third kappa shape index (κ3) is 2.31. The Bertz CT molecular complexity index is 154. The quantitative estimate of drug-likeness (QED) is 0.603. The summed E-state index contributed by atoms with van der Waals surface area (Å²) in [6.07, 6.45) is 4.15. The van der Waals surface area contributed by atoms with Crippen LogP contribution >= 0.6 is 0 Å². The molecule has 0 N–H and O–H groups in total. The molecular formula is C10H18O2. The van der Waals surface area contributed by atoms with Crippen molar-refractivity contribution in [1.82, 2.24) is 0 Å². The van der Waals surface area contributed by atoms with E-state index < -0.39 is 0 Å². The lowest BCUT2D eigenvalue weighted by atomic mass is 9.93. The van der Waals surface area contributed by atoms with Gasteiger partial charge in [-0.3, -0.25) is 4.79 Å². The molecule has 0 aromatic rings. The van der Waals surface area contributed by atoms with E-state index in [0.717, 1.165) is 32.3 Å². The Kier molecular flexibility index (Phi) is 3.73. The van der Waals surface area contributed by atoms with Gasteiger partial charge in [0.2, 0.25) is 0 Å². The highest BCUT2D eigenvalue weighted by molar-refractivity contribution is 5.82. The van der Waals surface area contributed by atoms with Gasteiger partial charge in [0.25, 0.3) is 0 Å². The molecule has 0 aliphatic heterocycles. The molecule has 0 heterocycles. The molecule has 70 valence electrons. The van der Waals surface area contributed by atoms with Crippen LogP contribution in [0.15, 0.2) is 0 Å². The zero-order chi connectivity index (χ0) is 8.97. The molecule has 0 bridgehead atoms. The molecule has 2 atom stereocenters. The van der Waals surface area contributed by atoms with Gasteiger partial charge in [-0.1, -0.05) is 6.92 Å². The van der Waals surface area contributed by atoms with Crippen molar-refractivity contribution in [2.75, 3.05) is 13.7 Å². The number of Topliss-reactive ketones (excluding diaryl/α,β-unsaturated/α-hetero) is 1. The van der Waals surface area contributed by atoms with Crippen molar-refractivity contribution in [2.24, 2.45) is 11.8 Å². The molecule has 0 saturated heterocycles. The van der Waals surface area contributed by atoms with Crippen molar-refractivity contribution < 1.29 is 9.53 Å². The van der Waals surface area contributed by atoms with Crippen molar-refractivity contribution in [3.63, 3.8) is 0 Å². The van der Waals surface area contributed by atoms with Gasteiger partial charge in [0.15, 0.2) is 0 Å². The summed E-state index contributed by atoms with van der Waals surface area (Å²) in [5.74, 6) is 1.40. The van der Waals surface area contributed by atoms with Crippen LogP contribution in [-0.4, -0.2) is 19.5 Å². The molecule has 1 aliphatic carbocycles. The minimum atomic E-state index is 0.307. The molecule has 1 fully saturated rings. The van der Waals surface area contributed by atoms with E-state index in [1.54, 1.807) is 7.11 Å². The zero-order valence-electron chi connectivity index (χ0n) is 8.01. The zero-order valence-corrected chi connectivity index (χ0v) is 8.01. The van der Waals surface area contributed by atoms with Crippen LogP contribution in [0.5, 0.6) is 0 Å². The second-order valence-electron chi connectivity index (χ2n) is 3.69. The molecule has 0 aromatic carbocycles. The summed E-state index contributed by atoms with van der Waals surface area (Å²) in [6.45, 7) is 2.89. The molecule has 2 nitrogen and oxygen atoms in total. The monoisotopic (exact) mass is 170 g/mol. The van der Waals surface area contributed by atoms with Crippen molar-refractivity contribution in [3.05, 3.63) is 0 Å². The maximum atomic E-state index is 11.2. The number of methoxy groups -OCH3 is 1. The van der Waals surface area contributed by atoms with Gasteiger partial charge in [-0.05, 0) is 25.2 Å². The lowest BCUT2D eigenvalue weighted by Crippen LogP contribution is -2.10. The topological polar surface area (TPSA) is 26.3 Å². The molecule has 1 aliphatic rings. The first kappa shape index (κ1) is 9.72. The normalized spacial score (nSPS) is 29.7. The van der Waals surface area contributed by atoms with E-state index in [-0.39, 0.29) is 0 Å². The van der Waals surface area contributed by atoms with Gasteiger partial charge >= 0.3 is 0 Å². The lowest BCUT2D eigenvalue weighted by molar-refractivity contribution is -0.120. The fourth-order valence-corrected chi connectivity index (χ4v) is 1.95. The highest BCUT2D eigenvalue weighted by Crippen LogP contribution is 2.31. The molecule has 2 heteroatoms. The fourth-order valence-electron chi connectivity index (χ4n) is 1.95. The predicted molar refractivity (Wildman–Crippen MR) is 48.0 cm³/mol. The van der Waals surface area contributed by atoms with Crippen LogP contribution in [0, 0.1) is 11.8 Å². The number of hydrogen-bond acceptors (Lipinski definition) is 2. The highest BCUT2D eigenvalue weighted by atomic mass is 16.5. The van der Waals surface area contributed by atoms with Crippen molar-refractivity contribution in [1.29, 1.82) is 0 Å². The van der Waals surface area contributed by atoms with Crippen LogP contribution in [0.1, 0.15) is 32.6 Å². The second kappa shape index (κ2) is 4.61. The van der Waals surface area contributed by atoms with Gasteiger partial charge in [0.1, 0.15) is 5.78 Å². The molecule has 12 heavy (non-hydrogen) atoms. The SMILES string of the molecule is COCCCC1CCC(=O)C1C. The van der Waals surface area contributed by atoms with Gasteiger partial charge < -0.3 is 4.74 Å². The second-order valence-corrected chi connectivity index (χ2v) is 3.69. The molecule has 0 amide bonds. The summed E-state index contributed by atoms with van der Waals surface area (Å²) >= 11 is 0. The molecule has 2 unspecified atom stereocenters. The molecular weight excluding hydrogens is 152 g/mol. The Balaban J connectivity index is 2.20. The van der Waals surface area contributed by atoms with Crippen LogP contribution in [0.3, 0.4) is 0 Å². The summed E-state index contributed by atoms with van der Waals surface area (Å²) in [5, 5.41) is 0. The van der Waals surface area contributed by atoms with Crippen molar-refractivity contribution in [2.45, 2.75) is 32.6 Å². The summed E-state index contributed by atoms with van der Waals surface area (Å²) in [7, 11) is 1.73. The number of carbonyl (C=O) groups excluding carboxylic acids is 1. The number of ketones is 1. The Morgan fingerprint density at radius 2 is 2.33 bits per heavy atom. The highest BCUT2D eigenvalue weighted by Gasteiger charge is 2.29. The van der Waals surface area contributed by atoms with Gasteiger partial charge in [-0.15, -0.1) is 0 Å². The number of ether oxygens (including phenoxy) is 1. The van der Waals surface area contributed by atoms with E-state index in [1.165, 1.54) is 0 Å². The van der Waals surface area contributed by atoms with Crippen molar-refractivity contribution >= 4 is 5.78 Å². The van der Waals surface area contributed by atoms with E-state index >= 15 is 0 Å². The van der Waals surface area contributed by atoms with Crippen LogP contribution in [0.4, 0.5) is 0 Å². The fraction of sp³-hybridized carbons (Fsp3) is 0.900. The maximum Gasteiger partial charge on any atom is 0.135 e. The molecule has 1 saturated carbocycles. The number of rotatable bonds is 4. The Morgan fingerprint density at radius 1 is 1.58 bits per heavy atom. The summed E-state index contributed by atoms with van der Waals surface area (Å²) in [6, 6.07) is 0. The third-order valence-corrected chi connectivity index (χ3v) is 2.90. The van der Waals surface area contributed by atoms with Gasteiger partial charge in [0, 0.05) is 26.1 Å². The first-order chi connectivity index (χ1) is 5.75. The minimum absolute atomic E-state index is 0.307. The molecule has 0 spiro atoms. The summed E-state index contributed by atoms with van der Waals surface area (Å²) in [5.41, 5.74) is 0.